The van der Waals surface area contributed by atoms with Gasteiger partial charge in [0.05, 0.1) is 6.04 Å². The number of amides is 1. The summed E-state index contributed by atoms with van der Waals surface area (Å²) >= 11 is 0. The van der Waals surface area contributed by atoms with E-state index in [0.29, 0.717) is 18.5 Å². The van der Waals surface area contributed by atoms with Crippen molar-refractivity contribution in [2.45, 2.75) is 57.2 Å². The Hall–Kier alpha value is -0.610. The van der Waals surface area contributed by atoms with Crippen LogP contribution in [-0.4, -0.2) is 24.0 Å². The summed E-state index contributed by atoms with van der Waals surface area (Å²) in [7, 11) is 0. The lowest BCUT2D eigenvalue weighted by molar-refractivity contribution is -0.123. The Bertz CT molecular complexity index is 188. The van der Waals surface area contributed by atoms with Crippen molar-refractivity contribution in [1.82, 2.24) is 5.32 Å². The summed E-state index contributed by atoms with van der Waals surface area (Å²) < 4.78 is 0. The lowest BCUT2D eigenvalue weighted by Crippen LogP contribution is -2.47. The van der Waals surface area contributed by atoms with Gasteiger partial charge in [-0.2, -0.15) is 0 Å². The zero-order valence-electron chi connectivity index (χ0n) is 8.83. The van der Waals surface area contributed by atoms with Crippen LogP contribution in [0.4, 0.5) is 0 Å². The molecule has 1 aliphatic rings. The molecule has 0 aromatic heterocycles. The van der Waals surface area contributed by atoms with E-state index in [1.807, 2.05) is 6.92 Å². The molecule has 1 rings (SSSR count). The summed E-state index contributed by atoms with van der Waals surface area (Å²) in [4.78, 5) is 11.5. The van der Waals surface area contributed by atoms with Crippen molar-refractivity contribution in [2.24, 2.45) is 11.5 Å². The first kappa shape index (κ1) is 11.5. The van der Waals surface area contributed by atoms with Crippen molar-refractivity contribution in [3.8, 4) is 0 Å². The van der Waals surface area contributed by atoms with Crippen LogP contribution in [0.5, 0.6) is 0 Å². The van der Waals surface area contributed by atoms with Crippen LogP contribution in [0.3, 0.4) is 0 Å². The molecule has 0 unspecified atom stereocenters. The van der Waals surface area contributed by atoms with Gasteiger partial charge in [-0.15, -0.1) is 0 Å². The standard InChI is InChI=1S/C10H21N3O/c1-2-9(12)10(14)13-8-5-3-7(11)4-6-8/h7-9H,2-6,11-12H2,1H3,(H,13,14)/t7?,8?,9-/m1/s1. The smallest absolute Gasteiger partial charge is 0.237 e. The minimum absolute atomic E-state index is 0.0204. The van der Waals surface area contributed by atoms with E-state index in [2.05, 4.69) is 5.32 Å². The summed E-state index contributed by atoms with van der Waals surface area (Å²) in [6, 6.07) is 0.258. The normalized spacial score (nSPS) is 29.6. The molecule has 0 saturated heterocycles. The van der Waals surface area contributed by atoms with Crippen molar-refractivity contribution >= 4 is 5.91 Å². The molecule has 1 fully saturated rings. The number of carbonyl (C=O) groups is 1. The van der Waals surface area contributed by atoms with Crippen LogP contribution >= 0.6 is 0 Å². The number of hydrogen-bond donors (Lipinski definition) is 3. The second kappa shape index (κ2) is 5.32. The lowest BCUT2D eigenvalue weighted by Gasteiger charge is -2.27. The van der Waals surface area contributed by atoms with E-state index < -0.39 is 0 Å². The van der Waals surface area contributed by atoms with E-state index in [9.17, 15) is 4.79 Å². The van der Waals surface area contributed by atoms with Crippen molar-refractivity contribution in [2.75, 3.05) is 0 Å². The molecule has 0 heterocycles. The maximum absolute atomic E-state index is 11.5. The van der Waals surface area contributed by atoms with Gasteiger partial charge in [0.2, 0.25) is 5.91 Å². The highest BCUT2D eigenvalue weighted by molar-refractivity contribution is 5.81. The average molecular weight is 199 g/mol. The molecule has 1 atom stereocenters. The number of rotatable bonds is 3. The van der Waals surface area contributed by atoms with Crippen LogP contribution in [0.15, 0.2) is 0 Å². The largest absolute Gasteiger partial charge is 0.352 e. The van der Waals surface area contributed by atoms with E-state index >= 15 is 0 Å². The van der Waals surface area contributed by atoms with Gasteiger partial charge in [-0.25, -0.2) is 0 Å². The summed E-state index contributed by atoms with van der Waals surface area (Å²) in [6.45, 7) is 1.92. The second-order valence-electron chi connectivity index (χ2n) is 4.14. The number of carbonyl (C=O) groups excluding carboxylic acids is 1. The Labute approximate surface area is 85.4 Å². The Morgan fingerprint density at radius 1 is 1.43 bits per heavy atom. The van der Waals surface area contributed by atoms with Gasteiger partial charge in [-0.1, -0.05) is 6.92 Å². The summed E-state index contributed by atoms with van der Waals surface area (Å²) in [5.74, 6) is -0.0204. The van der Waals surface area contributed by atoms with Gasteiger partial charge >= 0.3 is 0 Å². The molecule has 0 radical (unpaired) electrons. The first-order chi connectivity index (χ1) is 6.63. The van der Waals surface area contributed by atoms with Crippen molar-refractivity contribution in [1.29, 1.82) is 0 Å². The third-order valence-electron chi connectivity index (χ3n) is 2.89. The second-order valence-corrected chi connectivity index (χ2v) is 4.14. The maximum atomic E-state index is 11.5. The molecule has 4 heteroatoms. The minimum Gasteiger partial charge on any atom is -0.352 e. The van der Waals surface area contributed by atoms with E-state index in [0.717, 1.165) is 25.7 Å². The monoisotopic (exact) mass is 199 g/mol. The molecule has 0 bridgehead atoms. The fraction of sp³-hybridized carbons (Fsp3) is 0.900. The van der Waals surface area contributed by atoms with Crippen LogP contribution in [0.1, 0.15) is 39.0 Å². The summed E-state index contributed by atoms with van der Waals surface area (Å²) in [5, 5.41) is 2.97. The lowest BCUT2D eigenvalue weighted by atomic mass is 9.91. The Balaban J connectivity index is 2.27. The molecule has 1 saturated carbocycles. The number of hydrogen-bond acceptors (Lipinski definition) is 3. The highest BCUT2D eigenvalue weighted by Crippen LogP contribution is 2.16. The van der Waals surface area contributed by atoms with Crippen molar-refractivity contribution in [3.63, 3.8) is 0 Å². The highest BCUT2D eigenvalue weighted by atomic mass is 16.2. The van der Waals surface area contributed by atoms with Crippen molar-refractivity contribution in [3.05, 3.63) is 0 Å². The van der Waals surface area contributed by atoms with E-state index in [4.69, 9.17) is 11.5 Å². The molecule has 1 amide bonds. The highest BCUT2D eigenvalue weighted by Gasteiger charge is 2.21. The third kappa shape index (κ3) is 3.27. The maximum Gasteiger partial charge on any atom is 0.237 e. The SMILES string of the molecule is CC[C@@H](N)C(=O)NC1CCC(N)CC1. The van der Waals surface area contributed by atoms with Crippen LogP contribution in [0.25, 0.3) is 0 Å². The fourth-order valence-corrected chi connectivity index (χ4v) is 1.76. The molecule has 0 aromatic rings. The Morgan fingerprint density at radius 3 is 2.50 bits per heavy atom. The van der Waals surface area contributed by atoms with Gasteiger partial charge in [0.25, 0.3) is 0 Å². The number of nitrogens with one attached hydrogen (secondary N) is 1. The molecule has 4 nitrogen and oxygen atoms in total. The van der Waals surface area contributed by atoms with Gasteiger partial charge in [-0.3, -0.25) is 4.79 Å². The zero-order valence-corrected chi connectivity index (χ0v) is 8.83. The minimum atomic E-state index is -0.356. The molecular formula is C10H21N3O. The van der Waals surface area contributed by atoms with E-state index in [-0.39, 0.29) is 11.9 Å². The molecule has 5 N–H and O–H groups in total. The molecular weight excluding hydrogens is 178 g/mol. The first-order valence-corrected chi connectivity index (χ1v) is 5.45. The quantitative estimate of drug-likeness (QED) is 0.603. The molecule has 82 valence electrons. The molecule has 14 heavy (non-hydrogen) atoms. The van der Waals surface area contributed by atoms with Gasteiger partial charge in [0.1, 0.15) is 0 Å². The summed E-state index contributed by atoms with van der Waals surface area (Å²) in [5.41, 5.74) is 11.4. The average Bonchev–Trinajstić information content (AvgIpc) is 2.20. The predicted octanol–water partition coefficient (Wildman–Crippen LogP) is 0.110. The van der Waals surface area contributed by atoms with E-state index in [1.165, 1.54) is 0 Å². The van der Waals surface area contributed by atoms with Crippen molar-refractivity contribution < 1.29 is 4.79 Å². The predicted molar refractivity (Wildman–Crippen MR) is 56.6 cm³/mol. The zero-order chi connectivity index (χ0) is 10.6. The van der Waals surface area contributed by atoms with E-state index in [1.54, 1.807) is 0 Å². The Kier molecular flexibility index (Phi) is 4.35. The van der Waals surface area contributed by atoms with Crippen LogP contribution < -0.4 is 16.8 Å². The molecule has 0 spiro atoms. The van der Waals surface area contributed by atoms with Gasteiger partial charge in [0, 0.05) is 12.1 Å². The van der Waals surface area contributed by atoms with Gasteiger partial charge in [0.15, 0.2) is 0 Å². The first-order valence-electron chi connectivity index (χ1n) is 5.45. The molecule has 1 aliphatic carbocycles. The Morgan fingerprint density at radius 2 is 2.00 bits per heavy atom. The van der Waals surface area contributed by atoms with Gasteiger partial charge < -0.3 is 16.8 Å². The van der Waals surface area contributed by atoms with Gasteiger partial charge in [-0.05, 0) is 32.1 Å². The number of nitrogens with two attached hydrogens (primary N) is 2. The fourth-order valence-electron chi connectivity index (χ4n) is 1.76. The third-order valence-corrected chi connectivity index (χ3v) is 2.89. The molecule has 0 aromatic carbocycles. The summed E-state index contributed by atoms with van der Waals surface area (Å²) in [6.07, 6.45) is 4.68. The molecule has 0 aliphatic heterocycles. The van der Waals surface area contributed by atoms with Crippen LogP contribution in [0.2, 0.25) is 0 Å². The topological polar surface area (TPSA) is 81.1 Å². The van der Waals surface area contributed by atoms with Crippen LogP contribution in [-0.2, 0) is 4.79 Å². The van der Waals surface area contributed by atoms with Crippen LogP contribution in [0, 0.1) is 0 Å².